The fourth-order valence-electron chi connectivity index (χ4n) is 0. The molecule has 2 N–H and O–H groups in total. The molecule has 17 heteroatoms. The van der Waals surface area contributed by atoms with Crippen LogP contribution in [0.15, 0.2) is 0 Å². The molecule has 0 fully saturated rings. The maximum Gasteiger partial charge on any atom is 3.00 e. The van der Waals surface area contributed by atoms with Crippen LogP contribution in [0.4, 0.5) is 39.5 Å². The van der Waals surface area contributed by atoms with Gasteiger partial charge in [-0.1, -0.05) is 0 Å². The van der Waals surface area contributed by atoms with Gasteiger partial charge >= 0.3 is 40.9 Å². The third-order valence-electron chi connectivity index (χ3n) is 0.694. The predicted octanol–water partition coefficient (Wildman–Crippen LogP) is -2.93. The van der Waals surface area contributed by atoms with Crippen LogP contribution in [0, 0.1) is 0 Å². The zero-order valence-electron chi connectivity index (χ0n) is 9.65. The predicted molar refractivity (Wildman–Crippen MR) is 36.8 cm³/mol. The van der Waals surface area contributed by atoms with E-state index in [2.05, 4.69) is 0 Å². The molecule has 0 rings (SSSR count). The molecule has 0 aromatic carbocycles. The summed E-state index contributed by atoms with van der Waals surface area (Å²) in [5.74, 6) is -9.02. The average Bonchev–Trinajstić information content (AvgIpc) is 2.14. The molecule has 7 nitrogen and oxygen atoms in total. The fraction of sp³-hybridized carbons (Fsp3) is 0.500. The summed E-state index contributed by atoms with van der Waals surface area (Å²) in [5, 5.41) is 26.4. The van der Waals surface area contributed by atoms with Gasteiger partial charge in [0.1, 0.15) is 17.9 Å². The van der Waals surface area contributed by atoms with Crippen LogP contribution in [0.25, 0.3) is 0 Å². The number of hydrogen-bond acceptors (Lipinski definition) is 6. The molecule has 0 aliphatic heterocycles. The van der Waals surface area contributed by atoms with Crippen molar-refractivity contribution in [2.24, 2.45) is 0 Å². The van der Waals surface area contributed by atoms with Crippen molar-refractivity contribution in [2.75, 3.05) is 0 Å². The van der Waals surface area contributed by atoms with E-state index in [4.69, 9.17) is 29.7 Å². The van der Waals surface area contributed by atoms with Gasteiger partial charge in [-0.25, -0.2) is 0 Å². The summed E-state index contributed by atoms with van der Waals surface area (Å²) in [5.41, 5.74) is 0. The van der Waals surface area contributed by atoms with Crippen molar-refractivity contribution in [3.63, 3.8) is 0 Å². The van der Waals surface area contributed by atoms with Crippen LogP contribution < -0.4 is 15.3 Å². The molecular formula is C6H2AgF9O7. The number of hydrogen-bond donors (Lipinski definition) is 0. The Morgan fingerprint density at radius 1 is 0.522 bits per heavy atom. The molecule has 0 heterocycles. The first kappa shape index (κ1) is 33.2. The first-order valence-electron chi connectivity index (χ1n) is 3.68. The molecule has 0 saturated heterocycles. The maximum atomic E-state index is 10.5. The molecule has 0 saturated carbocycles. The molecule has 0 spiro atoms. The van der Waals surface area contributed by atoms with Crippen molar-refractivity contribution in [3.8, 4) is 0 Å². The van der Waals surface area contributed by atoms with Crippen LogP contribution in [-0.4, -0.2) is 41.9 Å². The number of alkyl halides is 9. The first-order valence-corrected chi connectivity index (χ1v) is 3.68. The smallest absolute Gasteiger partial charge is 0.542 e. The van der Waals surface area contributed by atoms with Gasteiger partial charge in [-0.2, -0.15) is 39.5 Å². The second-order valence-corrected chi connectivity index (χ2v) is 2.36. The molecular weight excluding hydrogens is 463 g/mol. The number of halogens is 9. The molecule has 142 valence electrons. The second kappa shape index (κ2) is 12.0. The van der Waals surface area contributed by atoms with Crippen LogP contribution in [0.5, 0.6) is 0 Å². The number of carbonyl (C=O) groups is 3. The first-order chi connectivity index (χ1) is 8.83. The van der Waals surface area contributed by atoms with Crippen LogP contribution in [0.1, 0.15) is 0 Å². The van der Waals surface area contributed by atoms with Gasteiger partial charge in [0.05, 0.1) is 0 Å². The van der Waals surface area contributed by atoms with Gasteiger partial charge in [0.2, 0.25) is 0 Å². The minimum Gasteiger partial charge on any atom is -0.542 e. The van der Waals surface area contributed by atoms with Crippen molar-refractivity contribution < 1.29 is 97.1 Å². The number of aliphatic carboxylic acids is 3. The van der Waals surface area contributed by atoms with E-state index < -0.39 is 36.4 Å². The van der Waals surface area contributed by atoms with Crippen molar-refractivity contribution in [1.82, 2.24) is 0 Å². The molecule has 0 aromatic rings. The summed E-state index contributed by atoms with van der Waals surface area (Å²) in [6.07, 6.45) is -15.6. The monoisotopic (exact) mass is 464 g/mol. The van der Waals surface area contributed by atoms with Gasteiger partial charge in [0.15, 0.2) is 0 Å². The topological polar surface area (TPSA) is 152 Å². The van der Waals surface area contributed by atoms with E-state index in [0.717, 1.165) is 0 Å². The van der Waals surface area contributed by atoms with E-state index in [0.29, 0.717) is 0 Å². The van der Waals surface area contributed by atoms with E-state index in [9.17, 15) is 39.5 Å². The van der Waals surface area contributed by atoms with Crippen molar-refractivity contribution in [2.45, 2.75) is 18.5 Å². The number of rotatable bonds is 0. The van der Waals surface area contributed by atoms with Gasteiger partial charge in [-0.3, -0.25) is 0 Å². The number of carbonyl (C=O) groups excluding carboxylic acids is 3. The van der Waals surface area contributed by atoms with Crippen molar-refractivity contribution >= 4 is 17.9 Å². The molecule has 0 aliphatic rings. The Hall–Kier alpha value is -1.52. The Morgan fingerprint density at radius 2 is 0.565 bits per heavy atom. The van der Waals surface area contributed by atoms with Gasteiger partial charge < -0.3 is 35.2 Å². The Labute approximate surface area is 134 Å². The molecule has 0 radical (unpaired) electrons. The van der Waals surface area contributed by atoms with Crippen LogP contribution in [0.2, 0.25) is 0 Å². The fourth-order valence-corrected chi connectivity index (χ4v) is 0. The molecule has 0 unspecified atom stereocenters. The summed E-state index contributed by atoms with van der Waals surface area (Å²) >= 11 is 0. The van der Waals surface area contributed by atoms with E-state index in [1.807, 2.05) is 0 Å². The van der Waals surface area contributed by atoms with E-state index in [-0.39, 0.29) is 27.9 Å². The third kappa shape index (κ3) is 25.8. The second-order valence-electron chi connectivity index (χ2n) is 2.36. The van der Waals surface area contributed by atoms with Gasteiger partial charge in [-0.15, -0.1) is 0 Å². The minimum absolute atomic E-state index is 0. The van der Waals surface area contributed by atoms with Crippen LogP contribution in [-0.2, 0) is 36.8 Å². The normalized spacial score (nSPS) is 10.3. The summed E-state index contributed by atoms with van der Waals surface area (Å²) < 4.78 is 94.6. The van der Waals surface area contributed by atoms with E-state index >= 15 is 0 Å². The van der Waals surface area contributed by atoms with Gasteiger partial charge in [0, 0.05) is 0 Å². The largest absolute Gasteiger partial charge is 3.00 e. The number of carboxylic acids is 3. The Kier molecular flexibility index (Phi) is 17.3. The molecule has 23 heavy (non-hydrogen) atoms. The summed E-state index contributed by atoms with van der Waals surface area (Å²) in [6.45, 7) is 0. The summed E-state index contributed by atoms with van der Waals surface area (Å²) in [7, 11) is 0. The number of carboxylic acid groups (broad SMARTS) is 3. The van der Waals surface area contributed by atoms with Gasteiger partial charge in [-0.05, 0) is 0 Å². The molecule has 0 aliphatic carbocycles. The Balaban J connectivity index is -0.0000000675. The Bertz CT molecular complexity index is 315. The average molecular weight is 465 g/mol. The van der Waals surface area contributed by atoms with Crippen LogP contribution in [0.3, 0.4) is 0 Å². The Morgan fingerprint density at radius 3 is 0.565 bits per heavy atom. The van der Waals surface area contributed by atoms with Crippen LogP contribution >= 0.6 is 0 Å². The molecule has 0 amide bonds. The zero-order chi connectivity index (χ0) is 18.2. The minimum atomic E-state index is -5.19. The van der Waals surface area contributed by atoms with Crippen molar-refractivity contribution in [1.29, 1.82) is 0 Å². The van der Waals surface area contributed by atoms with Crippen molar-refractivity contribution in [3.05, 3.63) is 0 Å². The SMILES string of the molecule is O.O=C([O-])C(F)(F)F.O=C([O-])C(F)(F)F.O=C([O-])C(F)(F)F.[Ag+3]. The maximum absolute atomic E-state index is 10.5. The van der Waals surface area contributed by atoms with Gasteiger partial charge in [0.25, 0.3) is 0 Å². The molecule has 0 atom stereocenters. The molecule has 0 bridgehead atoms. The summed E-state index contributed by atoms with van der Waals surface area (Å²) in [6, 6.07) is 0. The third-order valence-corrected chi connectivity index (χ3v) is 0.694. The van der Waals surface area contributed by atoms with E-state index in [1.54, 1.807) is 0 Å². The standard InChI is InChI=1S/3C2HF3O2.Ag.H2O/c3*3-2(4,5)1(6)7;;/h3*(H,6,7);;1H2/q;;;+3;/p-3. The molecule has 0 aromatic heterocycles. The quantitative estimate of drug-likeness (QED) is 0.276. The summed E-state index contributed by atoms with van der Waals surface area (Å²) in [4.78, 5) is 26.4. The van der Waals surface area contributed by atoms with E-state index in [1.165, 1.54) is 0 Å². The zero-order valence-corrected chi connectivity index (χ0v) is 11.1.